The molecule has 0 aromatic carbocycles. The lowest BCUT2D eigenvalue weighted by Crippen LogP contribution is -2.10. The topological polar surface area (TPSA) is 34.1 Å². The Morgan fingerprint density at radius 2 is 1.38 bits per heavy atom. The van der Waals surface area contributed by atoms with E-state index in [-0.39, 0.29) is 0 Å². The molecule has 0 amide bonds. The van der Waals surface area contributed by atoms with Crippen LogP contribution in [0.25, 0.3) is 0 Å². The van der Waals surface area contributed by atoms with Crippen molar-refractivity contribution in [2.75, 3.05) is 0 Å². The smallest absolute Gasteiger partial charge is 0.212 e. The van der Waals surface area contributed by atoms with Crippen molar-refractivity contribution in [2.24, 2.45) is 0 Å². The Morgan fingerprint density at radius 3 is 1.81 bits per heavy atom. The van der Waals surface area contributed by atoms with E-state index in [0.29, 0.717) is 6.42 Å². The monoisotopic (exact) mass is 268 g/mol. The summed E-state index contributed by atoms with van der Waals surface area (Å²) < 4.78 is 21.9. The van der Waals surface area contributed by atoms with Crippen LogP contribution in [0.4, 0.5) is 0 Å². The first-order valence-electron chi connectivity index (χ1n) is 6.42. The fourth-order valence-corrected chi connectivity index (χ4v) is 2.42. The summed E-state index contributed by atoms with van der Waals surface area (Å²) in [6, 6.07) is 0. The third kappa shape index (κ3) is 9.46. The standard InChI is InChI=1S/C12H25ClO2S/c1-3-4-5-6-7-8-9-10-11-12(2)16(13,14)15/h12H,3-11H2,1-2H3. The first-order valence-corrected chi connectivity index (χ1v) is 8.79. The lowest BCUT2D eigenvalue weighted by molar-refractivity contribution is 0.552. The molecule has 1 unspecified atom stereocenters. The zero-order chi connectivity index (χ0) is 12.4. The highest BCUT2D eigenvalue weighted by Gasteiger charge is 2.16. The second-order valence-corrected chi connectivity index (χ2v) is 7.60. The number of hydrogen-bond donors (Lipinski definition) is 0. The van der Waals surface area contributed by atoms with Crippen molar-refractivity contribution in [1.29, 1.82) is 0 Å². The van der Waals surface area contributed by atoms with Crippen LogP contribution >= 0.6 is 10.7 Å². The maximum Gasteiger partial charge on any atom is 0.235 e. The summed E-state index contributed by atoms with van der Waals surface area (Å²) in [6.07, 6.45) is 10.6. The van der Waals surface area contributed by atoms with Gasteiger partial charge in [-0.2, -0.15) is 0 Å². The third-order valence-electron chi connectivity index (χ3n) is 2.94. The summed E-state index contributed by atoms with van der Waals surface area (Å²) in [7, 11) is 1.92. The second-order valence-electron chi connectivity index (χ2n) is 4.55. The molecule has 98 valence electrons. The molecule has 4 heteroatoms. The summed E-state index contributed by atoms with van der Waals surface area (Å²) >= 11 is 0. The third-order valence-corrected chi connectivity index (χ3v) is 5.05. The predicted octanol–water partition coefficient (Wildman–Crippen LogP) is 4.47. The van der Waals surface area contributed by atoms with Crippen molar-refractivity contribution in [3.05, 3.63) is 0 Å². The Hall–Kier alpha value is 0.240. The van der Waals surface area contributed by atoms with E-state index in [4.69, 9.17) is 10.7 Å². The molecule has 2 nitrogen and oxygen atoms in total. The fraction of sp³-hybridized carbons (Fsp3) is 1.00. The van der Waals surface area contributed by atoms with E-state index in [1.807, 2.05) is 0 Å². The molecular weight excluding hydrogens is 244 g/mol. The minimum absolute atomic E-state index is 0.394. The van der Waals surface area contributed by atoms with Gasteiger partial charge in [0.25, 0.3) is 0 Å². The van der Waals surface area contributed by atoms with Gasteiger partial charge in [0.2, 0.25) is 9.05 Å². The molecular formula is C12H25ClO2S. The number of halogens is 1. The van der Waals surface area contributed by atoms with Crippen molar-refractivity contribution in [1.82, 2.24) is 0 Å². The maximum atomic E-state index is 10.9. The number of hydrogen-bond acceptors (Lipinski definition) is 2. The Labute approximate surface area is 105 Å². The molecule has 0 N–H and O–H groups in total. The maximum absolute atomic E-state index is 10.9. The van der Waals surface area contributed by atoms with Gasteiger partial charge < -0.3 is 0 Å². The quantitative estimate of drug-likeness (QED) is 0.433. The molecule has 0 aliphatic carbocycles. The average Bonchev–Trinajstić information content (AvgIpc) is 2.20. The molecule has 0 saturated heterocycles. The molecule has 0 heterocycles. The van der Waals surface area contributed by atoms with Gasteiger partial charge in [0.1, 0.15) is 0 Å². The van der Waals surface area contributed by atoms with E-state index < -0.39 is 14.3 Å². The van der Waals surface area contributed by atoms with E-state index in [2.05, 4.69) is 6.92 Å². The SMILES string of the molecule is CCCCCCCCCCC(C)S(=O)(=O)Cl. The molecule has 0 aliphatic heterocycles. The average molecular weight is 269 g/mol. The first kappa shape index (κ1) is 16.2. The zero-order valence-corrected chi connectivity index (χ0v) is 12.1. The Kier molecular flexibility index (Phi) is 9.43. The van der Waals surface area contributed by atoms with Crippen LogP contribution in [0, 0.1) is 0 Å². The highest BCUT2D eigenvalue weighted by Crippen LogP contribution is 2.15. The van der Waals surface area contributed by atoms with Crippen LogP contribution in [0.5, 0.6) is 0 Å². The minimum Gasteiger partial charge on any atom is -0.212 e. The largest absolute Gasteiger partial charge is 0.235 e. The van der Waals surface area contributed by atoms with Gasteiger partial charge in [0.05, 0.1) is 5.25 Å². The summed E-state index contributed by atoms with van der Waals surface area (Å²) in [5.74, 6) is 0. The molecule has 0 radical (unpaired) electrons. The van der Waals surface area contributed by atoms with Gasteiger partial charge in [-0.25, -0.2) is 8.42 Å². The Morgan fingerprint density at radius 1 is 0.938 bits per heavy atom. The predicted molar refractivity (Wildman–Crippen MR) is 71.5 cm³/mol. The molecule has 0 saturated carbocycles. The van der Waals surface area contributed by atoms with Crippen molar-refractivity contribution < 1.29 is 8.42 Å². The van der Waals surface area contributed by atoms with Crippen LogP contribution in [0.15, 0.2) is 0 Å². The van der Waals surface area contributed by atoms with E-state index in [1.165, 1.54) is 38.5 Å². The summed E-state index contributed by atoms with van der Waals surface area (Å²) in [5.41, 5.74) is 0. The fourth-order valence-electron chi connectivity index (χ4n) is 1.71. The van der Waals surface area contributed by atoms with Crippen LogP contribution in [0.1, 0.15) is 71.6 Å². The van der Waals surface area contributed by atoms with E-state index >= 15 is 0 Å². The zero-order valence-electron chi connectivity index (χ0n) is 10.5. The summed E-state index contributed by atoms with van der Waals surface area (Å²) in [4.78, 5) is 0. The lowest BCUT2D eigenvalue weighted by atomic mass is 10.1. The van der Waals surface area contributed by atoms with Crippen LogP contribution < -0.4 is 0 Å². The van der Waals surface area contributed by atoms with Gasteiger partial charge in [-0.05, 0) is 13.3 Å². The van der Waals surface area contributed by atoms with Gasteiger partial charge >= 0.3 is 0 Å². The van der Waals surface area contributed by atoms with Crippen molar-refractivity contribution in [2.45, 2.75) is 76.9 Å². The molecule has 1 atom stereocenters. The van der Waals surface area contributed by atoms with Crippen LogP contribution in [-0.4, -0.2) is 13.7 Å². The molecule has 0 aromatic rings. The van der Waals surface area contributed by atoms with Crippen molar-refractivity contribution >= 4 is 19.7 Å². The molecule has 0 bridgehead atoms. The highest BCUT2D eigenvalue weighted by molar-refractivity contribution is 8.14. The van der Waals surface area contributed by atoms with E-state index in [0.717, 1.165) is 12.8 Å². The molecule has 0 aromatic heterocycles. The Balaban J connectivity index is 3.28. The van der Waals surface area contributed by atoms with Crippen molar-refractivity contribution in [3.63, 3.8) is 0 Å². The van der Waals surface area contributed by atoms with Gasteiger partial charge in [0, 0.05) is 10.7 Å². The second kappa shape index (κ2) is 9.29. The molecule has 0 fully saturated rings. The van der Waals surface area contributed by atoms with Gasteiger partial charge in [-0.3, -0.25) is 0 Å². The normalized spacial score (nSPS) is 13.9. The molecule has 0 rings (SSSR count). The van der Waals surface area contributed by atoms with Crippen LogP contribution in [-0.2, 0) is 9.05 Å². The highest BCUT2D eigenvalue weighted by atomic mass is 35.7. The van der Waals surface area contributed by atoms with E-state index in [9.17, 15) is 8.42 Å². The summed E-state index contributed by atoms with van der Waals surface area (Å²) in [6.45, 7) is 3.90. The minimum atomic E-state index is -3.34. The molecule has 0 aliphatic rings. The van der Waals surface area contributed by atoms with Crippen LogP contribution in [0.2, 0.25) is 0 Å². The van der Waals surface area contributed by atoms with Gasteiger partial charge in [-0.1, -0.05) is 58.3 Å². The lowest BCUT2D eigenvalue weighted by Gasteiger charge is -2.06. The van der Waals surface area contributed by atoms with Gasteiger partial charge in [-0.15, -0.1) is 0 Å². The summed E-state index contributed by atoms with van der Waals surface area (Å²) in [5, 5.41) is -0.394. The van der Waals surface area contributed by atoms with Gasteiger partial charge in [0.15, 0.2) is 0 Å². The molecule has 0 spiro atoms. The van der Waals surface area contributed by atoms with Crippen molar-refractivity contribution in [3.8, 4) is 0 Å². The Bertz CT molecular complexity index is 250. The first-order chi connectivity index (χ1) is 7.48. The van der Waals surface area contributed by atoms with E-state index in [1.54, 1.807) is 6.92 Å². The molecule has 16 heavy (non-hydrogen) atoms. The van der Waals surface area contributed by atoms with Crippen LogP contribution in [0.3, 0.4) is 0 Å². The number of unbranched alkanes of at least 4 members (excludes halogenated alkanes) is 7. The number of rotatable bonds is 10.